The molecule has 0 fully saturated rings. The van der Waals surface area contributed by atoms with E-state index in [9.17, 15) is 4.79 Å². The smallest absolute Gasteiger partial charge is 0.159 e. The number of imidazole rings is 1. The van der Waals surface area contributed by atoms with Crippen LogP contribution in [-0.4, -0.2) is 20.3 Å². The number of hydrogen-bond donors (Lipinski definition) is 0. The second-order valence-corrected chi connectivity index (χ2v) is 8.92. The molecule has 2 aromatic heterocycles. The maximum Gasteiger partial charge on any atom is 0.159 e. The first kappa shape index (κ1) is 21.8. The Bertz CT molecular complexity index is 1500. The summed E-state index contributed by atoms with van der Waals surface area (Å²) in [6.45, 7) is 6.65. The molecule has 5 aromatic rings. The first-order chi connectivity index (χ1) is 16.5. The lowest BCUT2D eigenvalue weighted by atomic mass is 10.0. The van der Waals surface area contributed by atoms with Gasteiger partial charge in [0.05, 0.1) is 11.0 Å². The van der Waals surface area contributed by atoms with Crippen molar-refractivity contribution >= 4 is 16.8 Å². The topological polar surface area (TPSA) is 47.8 Å². The first-order valence-electron chi connectivity index (χ1n) is 11.5. The van der Waals surface area contributed by atoms with Crippen molar-refractivity contribution in [3.8, 4) is 11.1 Å². The highest BCUT2D eigenvalue weighted by Gasteiger charge is 2.15. The molecule has 0 unspecified atom stereocenters. The fourth-order valence-electron chi connectivity index (χ4n) is 4.41. The van der Waals surface area contributed by atoms with Gasteiger partial charge in [0.1, 0.15) is 5.82 Å². The zero-order valence-corrected chi connectivity index (χ0v) is 19.7. The Hall–Kier alpha value is -4.05. The Kier molecular flexibility index (Phi) is 5.81. The van der Waals surface area contributed by atoms with Gasteiger partial charge >= 0.3 is 0 Å². The van der Waals surface area contributed by atoms with Gasteiger partial charge in [-0.3, -0.25) is 9.78 Å². The molecule has 0 bridgehead atoms. The molecule has 3 aromatic carbocycles. The van der Waals surface area contributed by atoms with Gasteiger partial charge in [-0.15, -0.1) is 0 Å². The summed E-state index contributed by atoms with van der Waals surface area (Å²) in [5, 5.41) is 0. The van der Waals surface area contributed by atoms with Crippen LogP contribution in [0.1, 0.15) is 45.4 Å². The van der Waals surface area contributed by atoms with Crippen LogP contribution >= 0.6 is 0 Å². The molecule has 4 nitrogen and oxygen atoms in total. The van der Waals surface area contributed by atoms with Crippen molar-refractivity contribution in [1.29, 1.82) is 0 Å². The van der Waals surface area contributed by atoms with Gasteiger partial charge in [-0.25, -0.2) is 4.98 Å². The van der Waals surface area contributed by atoms with Gasteiger partial charge in [0.2, 0.25) is 0 Å². The Balaban J connectivity index is 1.65. The lowest BCUT2D eigenvalue weighted by Crippen LogP contribution is -2.07. The summed E-state index contributed by atoms with van der Waals surface area (Å²) in [7, 11) is 0. The van der Waals surface area contributed by atoms with Crippen LogP contribution in [0.15, 0.2) is 85.2 Å². The number of hydrogen-bond acceptors (Lipinski definition) is 3. The van der Waals surface area contributed by atoms with Gasteiger partial charge < -0.3 is 4.57 Å². The minimum absolute atomic E-state index is 0.0718. The number of aryl methyl sites for hydroxylation is 2. The van der Waals surface area contributed by atoms with E-state index < -0.39 is 0 Å². The molecule has 0 spiro atoms. The summed E-state index contributed by atoms with van der Waals surface area (Å²) in [6, 6.07) is 24.9. The van der Waals surface area contributed by atoms with E-state index in [1.807, 2.05) is 42.7 Å². The molecular formula is C30H27N3O. The van der Waals surface area contributed by atoms with E-state index in [1.54, 1.807) is 6.92 Å². The van der Waals surface area contributed by atoms with E-state index in [4.69, 9.17) is 4.98 Å². The fourth-order valence-corrected chi connectivity index (χ4v) is 4.41. The lowest BCUT2D eigenvalue weighted by Gasteiger charge is -2.13. The Morgan fingerprint density at radius 2 is 1.68 bits per heavy atom. The third-order valence-electron chi connectivity index (χ3n) is 6.37. The molecule has 168 valence electrons. The summed E-state index contributed by atoms with van der Waals surface area (Å²) in [4.78, 5) is 21.1. The number of benzene rings is 3. The molecule has 2 heterocycles. The third kappa shape index (κ3) is 4.40. The van der Waals surface area contributed by atoms with Crippen molar-refractivity contribution in [2.45, 2.75) is 33.7 Å². The average Bonchev–Trinajstić information content (AvgIpc) is 3.18. The summed E-state index contributed by atoms with van der Waals surface area (Å²) in [5.41, 5.74) is 9.89. The second-order valence-electron chi connectivity index (χ2n) is 8.92. The summed E-state index contributed by atoms with van der Waals surface area (Å²) in [5.74, 6) is 1.10. The number of Topliss-reactive ketones (excluding diaryl/α,β-unsaturated/α-hetero) is 1. The second kappa shape index (κ2) is 9.06. The molecule has 0 saturated heterocycles. The number of pyridine rings is 1. The molecule has 34 heavy (non-hydrogen) atoms. The number of rotatable bonds is 6. The van der Waals surface area contributed by atoms with Crippen molar-refractivity contribution < 1.29 is 4.79 Å². The molecular weight excluding hydrogens is 418 g/mol. The van der Waals surface area contributed by atoms with Crippen LogP contribution in [-0.2, 0) is 13.0 Å². The SMILES string of the molecule is CC(=O)c1cccc(-c2ccc3nc(Cc4ccncc4)n(Cc4cc(C)ccc4C)c3c2)c1. The van der Waals surface area contributed by atoms with Crippen molar-refractivity contribution in [2.24, 2.45) is 0 Å². The third-order valence-corrected chi connectivity index (χ3v) is 6.37. The Morgan fingerprint density at radius 3 is 2.47 bits per heavy atom. The van der Waals surface area contributed by atoms with Crippen LogP contribution in [0, 0.1) is 13.8 Å². The van der Waals surface area contributed by atoms with E-state index in [2.05, 4.69) is 65.9 Å². The van der Waals surface area contributed by atoms with Crippen LogP contribution in [0.5, 0.6) is 0 Å². The maximum atomic E-state index is 11.9. The quantitative estimate of drug-likeness (QED) is 0.278. The van der Waals surface area contributed by atoms with Crippen molar-refractivity contribution in [1.82, 2.24) is 14.5 Å². The minimum atomic E-state index is 0.0718. The Labute approximate surface area is 199 Å². The van der Waals surface area contributed by atoms with Crippen LogP contribution in [0.2, 0.25) is 0 Å². The summed E-state index contributed by atoms with van der Waals surface area (Å²) < 4.78 is 2.33. The van der Waals surface area contributed by atoms with Gasteiger partial charge in [-0.1, -0.05) is 48.0 Å². The molecule has 0 radical (unpaired) electrons. The number of nitrogens with zero attached hydrogens (tertiary/aromatic N) is 3. The minimum Gasteiger partial charge on any atom is -0.323 e. The number of ketones is 1. The van der Waals surface area contributed by atoms with Crippen LogP contribution in [0.4, 0.5) is 0 Å². The lowest BCUT2D eigenvalue weighted by molar-refractivity contribution is 0.101. The van der Waals surface area contributed by atoms with E-state index in [1.165, 1.54) is 22.3 Å². The van der Waals surface area contributed by atoms with E-state index in [0.717, 1.165) is 46.5 Å². The molecule has 0 saturated carbocycles. The van der Waals surface area contributed by atoms with Crippen molar-refractivity contribution in [3.63, 3.8) is 0 Å². The van der Waals surface area contributed by atoms with Crippen molar-refractivity contribution in [3.05, 3.63) is 119 Å². The highest BCUT2D eigenvalue weighted by atomic mass is 16.1. The predicted molar refractivity (Wildman–Crippen MR) is 137 cm³/mol. The van der Waals surface area contributed by atoms with Crippen LogP contribution in [0.3, 0.4) is 0 Å². The summed E-state index contributed by atoms with van der Waals surface area (Å²) >= 11 is 0. The number of carbonyl (C=O) groups excluding carboxylic acids is 1. The number of carbonyl (C=O) groups is 1. The molecule has 4 heteroatoms. The molecule has 0 atom stereocenters. The zero-order chi connectivity index (χ0) is 23.7. The molecule has 0 aliphatic rings. The molecule has 5 rings (SSSR count). The molecule has 0 aliphatic heterocycles. The average molecular weight is 446 g/mol. The van der Waals surface area contributed by atoms with Gasteiger partial charge in [-0.05, 0) is 78.9 Å². The van der Waals surface area contributed by atoms with E-state index in [-0.39, 0.29) is 5.78 Å². The predicted octanol–water partition coefficient (Wildman–Crippen LogP) is 6.56. The maximum absolute atomic E-state index is 11.9. The Morgan fingerprint density at radius 1 is 0.882 bits per heavy atom. The monoisotopic (exact) mass is 445 g/mol. The molecule has 0 N–H and O–H groups in total. The van der Waals surface area contributed by atoms with Gasteiger partial charge in [0, 0.05) is 30.9 Å². The van der Waals surface area contributed by atoms with Crippen LogP contribution < -0.4 is 0 Å². The van der Waals surface area contributed by atoms with E-state index >= 15 is 0 Å². The van der Waals surface area contributed by atoms with Gasteiger partial charge in [-0.2, -0.15) is 0 Å². The number of fused-ring (bicyclic) bond motifs is 1. The van der Waals surface area contributed by atoms with E-state index in [0.29, 0.717) is 0 Å². The highest BCUT2D eigenvalue weighted by molar-refractivity contribution is 5.95. The first-order valence-corrected chi connectivity index (χ1v) is 11.5. The molecule has 0 aliphatic carbocycles. The van der Waals surface area contributed by atoms with Crippen molar-refractivity contribution in [2.75, 3.05) is 0 Å². The normalized spacial score (nSPS) is 11.1. The molecule has 0 amide bonds. The van der Waals surface area contributed by atoms with Gasteiger partial charge in [0.25, 0.3) is 0 Å². The zero-order valence-electron chi connectivity index (χ0n) is 19.7. The fraction of sp³-hybridized carbons (Fsp3) is 0.167. The largest absolute Gasteiger partial charge is 0.323 e. The summed E-state index contributed by atoms with van der Waals surface area (Å²) in [6.07, 6.45) is 4.39. The number of aromatic nitrogens is 3. The highest BCUT2D eigenvalue weighted by Crippen LogP contribution is 2.28. The standard InChI is InChI=1S/C30H27N3O/c1-20-7-8-21(2)27(15-20)19-33-29-18-26(25-6-4-5-24(17-25)22(3)34)9-10-28(29)32-30(33)16-23-11-13-31-14-12-23/h4-15,17-18H,16,19H2,1-3H3. The van der Waals surface area contributed by atoms with Gasteiger partial charge in [0.15, 0.2) is 5.78 Å². The van der Waals surface area contributed by atoms with Crippen LogP contribution in [0.25, 0.3) is 22.2 Å².